The molecule has 0 fully saturated rings. The second kappa shape index (κ2) is 12.8. The molecule has 0 radical (unpaired) electrons. The maximum absolute atomic E-state index is 12.6. The van der Waals surface area contributed by atoms with E-state index in [1.54, 1.807) is 18.2 Å². The first-order valence-electron chi connectivity index (χ1n) is 10.6. The topological polar surface area (TPSA) is 100 Å². The maximum Gasteiger partial charge on any atom is 0.266 e. The molecule has 0 aliphatic carbocycles. The molecule has 168 valence electrons. The van der Waals surface area contributed by atoms with Crippen LogP contribution in [-0.4, -0.2) is 32.1 Å². The van der Waals surface area contributed by atoms with Crippen LogP contribution in [0.3, 0.4) is 0 Å². The Bertz CT molecular complexity index is 991. The summed E-state index contributed by atoms with van der Waals surface area (Å²) in [7, 11) is 1.48. The summed E-state index contributed by atoms with van der Waals surface area (Å²) in [5, 5.41) is 14.9. The minimum atomic E-state index is -0.496. The molecule has 0 aliphatic rings. The lowest BCUT2D eigenvalue weighted by atomic mass is 10.1. The number of likely N-dealkylation sites (N-methyl/N-ethyl adjacent to an activating group) is 1. The summed E-state index contributed by atoms with van der Waals surface area (Å²) in [4.78, 5) is 24.2. The van der Waals surface area contributed by atoms with Crippen LogP contribution >= 0.6 is 0 Å². The third kappa shape index (κ3) is 7.47. The van der Waals surface area contributed by atoms with Gasteiger partial charge >= 0.3 is 0 Å². The van der Waals surface area contributed by atoms with E-state index in [0.717, 1.165) is 19.3 Å². The SMILES string of the molecule is CCCCc1ccc(NC(=O)/C(C#N)=C/c2ccc(OCC(=O)NCC)c(OC)c2)cc1. The van der Waals surface area contributed by atoms with E-state index < -0.39 is 5.91 Å². The number of rotatable bonds is 11. The smallest absolute Gasteiger partial charge is 0.266 e. The molecular weight excluding hydrogens is 406 g/mol. The Kier molecular flexibility index (Phi) is 9.79. The third-order valence-electron chi connectivity index (χ3n) is 4.63. The summed E-state index contributed by atoms with van der Waals surface area (Å²) in [6.07, 6.45) is 4.72. The minimum Gasteiger partial charge on any atom is -0.493 e. The average Bonchev–Trinajstić information content (AvgIpc) is 2.81. The van der Waals surface area contributed by atoms with Crippen molar-refractivity contribution in [2.24, 2.45) is 0 Å². The first kappa shape index (κ1) is 24.5. The highest BCUT2D eigenvalue weighted by Gasteiger charge is 2.12. The Morgan fingerprint density at radius 3 is 2.47 bits per heavy atom. The number of hydrogen-bond donors (Lipinski definition) is 2. The molecule has 2 amide bonds. The van der Waals surface area contributed by atoms with Crippen LogP contribution in [0.4, 0.5) is 5.69 Å². The van der Waals surface area contributed by atoms with E-state index in [9.17, 15) is 14.9 Å². The second-order valence-electron chi connectivity index (χ2n) is 7.08. The molecule has 0 saturated heterocycles. The molecule has 0 atom stereocenters. The Morgan fingerprint density at radius 2 is 1.84 bits per heavy atom. The highest BCUT2D eigenvalue weighted by Crippen LogP contribution is 2.29. The highest BCUT2D eigenvalue weighted by molar-refractivity contribution is 6.09. The largest absolute Gasteiger partial charge is 0.493 e. The van der Waals surface area contributed by atoms with Crippen LogP contribution < -0.4 is 20.1 Å². The molecule has 2 N–H and O–H groups in total. The molecule has 7 nitrogen and oxygen atoms in total. The zero-order valence-corrected chi connectivity index (χ0v) is 18.7. The molecule has 0 unspecified atom stereocenters. The number of nitrogens with one attached hydrogen (secondary N) is 2. The van der Waals surface area contributed by atoms with Crippen LogP contribution in [0.1, 0.15) is 37.8 Å². The second-order valence-corrected chi connectivity index (χ2v) is 7.08. The lowest BCUT2D eigenvalue weighted by Crippen LogP contribution is -2.28. The van der Waals surface area contributed by atoms with E-state index in [0.29, 0.717) is 29.3 Å². The molecule has 0 aromatic heterocycles. The van der Waals surface area contributed by atoms with Gasteiger partial charge in [-0.3, -0.25) is 9.59 Å². The van der Waals surface area contributed by atoms with Crippen molar-refractivity contribution in [2.45, 2.75) is 33.1 Å². The van der Waals surface area contributed by atoms with Gasteiger partial charge in [0.25, 0.3) is 11.8 Å². The van der Waals surface area contributed by atoms with Crippen LogP contribution in [0.15, 0.2) is 48.0 Å². The number of carbonyl (C=O) groups excluding carboxylic acids is 2. The first-order valence-corrected chi connectivity index (χ1v) is 10.6. The van der Waals surface area contributed by atoms with Crippen LogP contribution in [0.2, 0.25) is 0 Å². The van der Waals surface area contributed by atoms with Gasteiger partial charge in [0.1, 0.15) is 11.6 Å². The van der Waals surface area contributed by atoms with Gasteiger partial charge in [0, 0.05) is 12.2 Å². The van der Waals surface area contributed by atoms with Crippen molar-refractivity contribution in [2.75, 3.05) is 25.6 Å². The predicted octanol–water partition coefficient (Wildman–Crippen LogP) is 4.10. The van der Waals surface area contributed by atoms with Crippen LogP contribution in [0.5, 0.6) is 11.5 Å². The summed E-state index contributed by atoms with van der Waals surface area (Å²) < 4.78 is 10.8. The van der Waals surface area contributed by atoms with Crippen molar-refractivity contribution < 1.29 is 19.1 Å². The number of carbonyl (C=O) groups is 2. The van der Waals surface area contributed by atoms with E-state index in [1.165, 1.54) is 18.7 Å². The Balaban J connectivity index is 2.10. The van der Waals surface area contributed by atoms with Gasteiger partial charge in [0.05, 0.1) is 7.11 Å². The van der Waals surface area contributed by atoms with Gasteiger partial charge in [-0.05, 0) is 61.2 Å². The molecular formula is C25H29N3O4. The fourth-order valence-electron chi connectivity index (χ4n) is 2.93. The van der Waals surface area contributed by atoms with Crippen molar-refractivity contribution >= 4 is 23.6 Å². The van der Waals surface area contributed by atoms with Crippen molar-refractivity contribution in [1.82, 2.24) is 5.32 Å². The monoisotopic (exact) mass is 435 g/mol. The molecule has 0 bridgehead atoms. The van der Waals surface area contributed by atoms with Gasteiger partial charge in [0.2, 0.25) is 0 Å². The number of methoxy groups -OCH3 is 1. The molecule has 2 aromatic carbocycles. The number of hydrogen-bond acceptors (Lipinski definition) is 5. The van der Waals surface area contributed by atoms with Crippen molar-refractivity contribution in [3.63, 3.8) is 0 Å². The number of nitriles is 1. The summed E-state index contributed by atoms with van der Waals surface area (Å²) in [6.45, 7) is 4.35. The number of aryl methyl sites for hydroxylation is 1. The van der Waals surface area contributed by atoms with Crippen molar-refractivity contribution in [3.05, 3.63) is 59.2 Å². The van der Waals surface area contributed by atoms with Gasteiger partial charge in [0.15, 0.2) is 18.1 Å². The lowest BCUT2D eigenvalue weighted by Gasteiger charge is -2.11. The Labute approximate surface area is 189 Å². The number of nitrogens with zero attached hydrogens (tertiary/aromatic N) is 1. The predicted molar refractivity (Wildman–Crippen MR) is 124 cm³/mol. The third-order valence-corrected chi connectivity index (χ3v) is 4.63. The average molecular weight is 436 g/mol. The summed E-state index contributed by atoms with van der Waals surface area (Å²) in [6, 6.07) is 14.5. The van der Waals surface area contributed by atoms with Crippen LogP contribution in [-0.2, 0) is 16.0 Å². The summed E-state index contributed by atoms with van der Waals surface area (Å²) in [5.41, 5.74) is 2.39. The van der Waals surface area contributed by atoms with E-state index in [1.807, 2.05) is 37.3 Å². The number of anilines is 1. The summed E-state index contributed by atoms with van der Waals surface area (Å²) in [5.74, 6) is 0.0511. The molecule has 2 aromatic rings. The van der Waals surface area contributed by atoms with E-state index in [4.69, 9.17) is 9.47 Å². The lowest BCUT2D eigenvalue weighted by molar-refractivity contribution is -0.123. The Hall–Kier alpha value is -3.79. The van der Waals surface area contributed by atoms with Crippen LogP contribution in [0, 0.1) is 11.3 Å². The zero-order valence-electron chi connectivity index (χ0n) is 18.7. The number of unbranched alkanes of at least 4 members (excludes halogenated alkanes) is 1. The van der Waals surface area contributed by atoms with Gasteiger partial charge in [-0.25, -0.2) is 0 Å². The van der Waals surface area contributed by atoms with Gasteiger partial charge in [-0.2, -0.15) is 5.26 Å². The first-order chi connectivity index (χ1) is 15.5. The normalized spacial score (nSPS) is 10.8. The Morgan fingerprint density at radius 1 is 1.09 bits per heavy atom. The molecule has 0 heterocycles. The molecule has 0 saturated carbocycles. The van der Waals surface area contributed by atoms with E-state index in [-0.39, 0.29) is 18.1 Å². The summed E-state index contributed by atoms with van der Waals surface area (Å²) >= 11 is 0. The molecule has 0 aliphatic heterocycles. The minimum absolute atomic E-state index is 0.0434. The number of amides is 2. The van der Waals surface area contributed by atoms with Crippen molar-refractivity contribution in [3.8, 4) is 17.6 Å². The standard InChI is InChI=1S/C25H29N3O4/c1-4-6-7-18-8-11-21(12-9-18)28-25(30)20(16-26)14-19-10-13-22(23(15-19)31-3)32-17-24(29)27-5-2/h8-15H,4-7,17H2,1-3H3,(H,27,29)(H,28,30)/b20-14+. The van der Waals surface area contributed by atoms with E-state index in [2.05, 4.69) is 17.6 Å². The number of benzene rings is 2. The quantitative estimate of drug-likeness (QED) is 0.409. The van der Waals surface area contributed by atoms with Gasteiger partial charge in [-0.15, -0.1) is 0 Å². The van der Waals surface area contributed by atoms with Crippen LogP contribution in [0.25, 0.3) is 6.08 Å². The molecule has 32 heavy (non-hydrogen) atoms. The maximum atomic E-state index is 12.6. The molecule has 0 spiro atoms. The van der Waals surface area contributed by atoms with Gasteiger partial charge in [-0.1, -0.05) is 31.5 Å². The zero-order chi connectivity index (χ0) is 23.3. The van der Waals surface area contributed by atoms with E-state index >= 15 is 0 Å². The highest BCUT2D eigenvalue weighted by atomic mass is 16.5. The molecule has 2 rings (SSSR count). The fourth-order valence-corrected chi connectivity index (χ4v) is 2.93. The van der Waals surface area contributed by atoms with Gasteiger partial charge < -0.3 is 20.1 Å². The fraction of sp³-hybridized carbons (Fsp3) is 0.320. The number of ether oxygens (including phenoxy) is 2. The van der Waals surface area contributed by atoms with Crippen molar-refractivity contribution in [1.29, 1.82) is 5.26 Å². The molecule has 7 heteroatoms.